The summed E-state index contributed by atoms with van der Waals surface area (Å²) < 4.78 is 26.3. The predicted octanol–water partition coefficient (Wildman–Crippen LogP) is 2.37. The number of thiocarbonyl (C=S) groups is 1. The number of hydrogen-bond acceptors (Lipinski definition) is 2. The summed E-state index contributed by atoms with van der Waals surface area (Å²) in [7, 11) is 0. The zero-order chi connectivity index (χ0) is 13.8. The summed E-state index contributed by atoms with van der Waals surface area (Å²) in [5.41, 5.74) is 0.164. The molecule has 6 heteroatoms. The lowest BCUT2D eigenvalue weighted by Gasteiger charge is -2.33. The van der Waals surface area contributed by atoms with E-state index in [0.717, 1.165) is 25.5 Å². The highest BCUT2D eigenvalue weighted by Gasteiger charge is 2.21. The molecule has 0 aromatic heterocycles. The molecule has 2 rings (SSSR count). The molecule has 0 bridgehead atoms. The lowest BCUT2D eigenvalue weighted by atomic mass is 9.99. The van der Waals surface area contributed by atoms with Crippen LogP contribution in [0.1, 0.15) is 12.8 Å². The van der Waals surface area contributed by atoms with Gasteiger partial charge >= 0.3 is 0 Å². The normalized spacial score (nSPS) is 19.3. The first-order valence-electron chi connectivity index (χ1n) is 6.22. The molecule has 2 N–H and O–H groups in total. The van der Waals surface area contributed by atoms with Crippen molar-refractivity contribution in [1.82, 2.24) is 4.90 Å². The number of halogens is 2. The number of aliphatic hydroxyl groups excluding tert-OH is 1. The Labute approximate surface area is 116 Å². The van der Waals surface area contributed by atoms with E-state index >= 15 is 0 Å². The van der Waals surface area contributed by atoms with Crippen molar-refractivity contribution in [2.24, 2.45) is 5.92 Å². The van der Waals surface area contributed by atoms with Crippen molar-refractivity contribution in [3.05, 3.63) is 29.8 Å². The number of anilines is 1. The van der Waals surface area contributed by atoms with Crippen LogP contribution in [0, 0.1) is 17.6 Å². The van der Waals surface area contributed by atoms with E-state index in [1.54, 1.807) is 0 Å². The van der Waals surface area contributed by atoms with Crippen molar-refractivity contribution in [3.8, 4) is 0 Å². The number of nitrogens with one attached hydrogen (secondary N) is 1. The van der Waals surface area contributed by atoms with Gasteiger partial charge in [-0.15, -0.1) is 0 Å². The topological polar surface area (TPSA) is 35.5 Å². The summed E-state index contributed by atoms with van der Waals surface area (Å²) in [4.78, 5) is 1.91. The maximum Gasteiger partial charge on any atom is 0.173 e. The Hall–Kier alpha value is -1.27. The van der Waals surface area contributed by atoms with E-state index in [4.69, 9.17) is 17.3 Å². The first-order chi connectivity index (χ1) is 9.10. The molecule has 3 nitrogen and oxygen atoms in total. The summed E-state index contributed by atoms with van der Waals surface area (Å²) >= 11 is 5.22. The predicted molar refractivity (Wildman–Crippen MR) is 74.0 cm³/mol. The van der Waals surface area contributed by atoms with Crippen LogP contribution in [0.2, 0.25) is 0 Å². The Balaban J connectivity index is 2.00. The minimum atomic E-state index is -0.668. The summed E-state index contributed by atoms with van der Waals surface area (Å²) in [6.07, 6.45) is 1.92. The Morgan fingerprint density at radius 2 is 2.26 bits per heavy atom. The van der Waals surface area contributed by atoms with E-state index in [1.165, 1.54) is 12.1 Å². The van der Waals surface area contributed by atoms with Crippen molar-refractivity contribution < 1.29 is 13.9 Å². The fraction of sp³-hybridized carbons (Fsp3) is 0.462. The smallest absolute Gasteiger partial charge is 0.173 e. The average molecular weight is 286 g/mol. The third-order valence-electron chi connectivity index (χ3n) is 3.24. The third kappa shape index (κ3) is 3.61. The Bertz CT molecular complexity index is 470. The first kappa shape index (κ1) is 14.1. The van der Waals surface area contributed by atoms with E-state index < -0.39 is 11.6 Å². The Morgan fingerprint density at radius 3 is 2.95 bits per heavy atom. The molecule has 1 aliphatic rings. The number of rotatable bonds is 2. The van der Waals surface area contributed by atoms with Crippen LogP contribution in [0.4, 0.5) is 14.5 Å². The molecule has 1 aliphatic heterocycles. The lowest BCUT2D eigenvalue weighted by Crippen LogP contribution is -2.43. The van der Waals surface area contributed by atoms with Crippen LogP contribution >= 0.6 is 12.2 Å². The van der Waals surface area contributed by atoms with Gasteiger partial charge in [0.2, 0.25) is 0 Å². The van der Waals surface area contributed by atoms with Gasteiger partial charge in [-0.2, -0.15) is 0 Å². The minimum absolute atomic E-state index is 0.129. The molecule has 1 unspecified atom stereocenters. The van der Waals surface area contributed by atoms with Gasteiger partial charge < -0.3 is 15.3 Å². The highest BCUT2D eigenvalue weighted by Crippen LogP contribution is 2.19. The highest BCUT2D eigenvalue weighted by atomic mass is 32.1. The molecule has 1 aromatic carbocycles. The lowest BCUT2D eigenvalue weighted by molar-refractivity contribution is 0.162. The SMILES string of the molecule is OCC1CCCN(C(=S)Nc2ccc(F)cc2F)C1. The molecule has 19 heavy (non-hydrogen) atoms. The molecule has 0 saturated carbocycles. The number of hydrogen-bond donors (Lipinski definition) is 2. The van der Waals surface area contributed by atoms with Crippen LogP contribution in [0.5, 0.6) is 0 Å². The van der Waals surface area contributed by atoms with Gasteiger partial charge in [0.15, 0.2) is 5.11 Å². The van der Waals surface area contributed by atoms with E-state index in [9.17, 15) is 8.78 Å². The standard InChI is InChI=1S/C13H16F2N2OS/c14-10-3-4-12(11(15)6-10)16-13(19)17-5-1-2-9(7-17)8-18/h3-4,6,9,18H,1-2,5,7-8H2,(H,16,19). The fourth-order valence-electron chi connectivity index (χ4n) is 2.18. The number of aliphatic hydroxyl groups is 1. The molecule has 0 radical (unpaired) electrons. The van der Waals surface area contributed by atoms with Crippen molar-refractivity contribution in [3.63, 3.8) is 0 Å². The van der Waals surface area contributed by atoms with Crippen LogP contribution in [-0.2, 0) is 0 Å². The van der Waals surface area contributed by atoms with Gasteiger partial charge in [-0.1, -0.05) is 0 Å². The number of likely N-dealkylation sites (tertiary alicyclic amines) is 1. The molecule has 104 valence electrons. The van der Waals surface area contributed by atoms with Gasteiger partial charge in [-0.05, 0) is 43.1 Å². The molecule has 1 atom stereocenters. The van der Waals surface area contributed by atoms with E-state index in [0.29, 0.717) is 11.7 Å². The summed E-state index contributed by atoms with van der Waals surface area (Å²) in [6.45, 7) is 1.57. The zero-order valence-corrected chi connectivity index (χ0v) is 11.2. The Kier molecular flexibility index (Phi) is 4.66. The number of benzene rings is 1. The molecule has 1 fully saturated rings. The van der Waals surface area contributed by atoms with Gasteiger partial charge in [-0.25, -0.2) is 8.78 Å². The maximum atomic E-state index is 13.5. The van der Waals surface area contributed by atoms with E-state index in [-0.39, 0.29) is 18.2 Å². The minimum Gasteiger partial charge on any atom is -0.396 e. The second-order valence-corrected chi connectivity index (χ2v) is 5.08. The highest BCUT2D eigenvalue weighted by molar-refractivity contribution is 7.80. The molecule has 0 aliphatic carbocycles. The van der Waals surface area contributed by atoms with Gasteiger partial charge in [0.25, 0.3) is 0 Å². The van der Waals surface area contributed by atoms with Crippen LogP contribution < -0.4 is 5.32 Å². The molecule has 1 saturated heterocycles. The van der Waals surface area contributed by atoms with Crippen LogP contribution in [-0.4, -0.2) is 34.8 Å². The summed E-state index contributed by atoms with van der Waals surface area (Å²) in [5, 5.41) is 12.4. The van der Waals surface area contributed by atoms with E-state index in [1.807, 2.05) is 4.90 Å². The fourth-order valence-corrected chi connectivity index (χ4v) is 2.46. The monoisotopic (exact) mass is 286 g/mol. The van der Waals surface area contributed by atoms with Gasteiger partial charge in [0.1, 0.15) is 11.6 Å². The summed E-state index contributed by atoms with van der Waals surface area (Å²) in [6, 6.07) is 3.32. The largest absolute Gasteiger partial charge is 0.396 e. The number of nitrogens with zero attached hydrogens (tertiary/aromatic N) is 1. The van der Waals surface area contributed by atoms with Crippen LogP contribution in [0.15, 0.2) is 18.2 Å². The molecule has 1 aromatic rings. The van der Waals surface area contributed by atoms with E-state index in [2.05, 4.69) is 5.32 Å². The van der Waals surface area contributed by atoms with Gasteiger partial charge in [0, 0.05) is 25.8 Å². The quantitative estimate of drug-likeness (QED) is 0.818. The van der Waals surface area contributed by atoms with Crippen LogP contribution in [0.25, 0.3) is 0 Å². The van der Waals surface area contributed by atoms with Gasteiger partial charge in [-0.3, -0.25) is 0 Å². The molecule has 0 spiro atoms. The first-order valence-corrected chi connectivity index (χ1v) is 6.63. The van der Waals surface area contributed by atoms with Crippen molar-refractivity contribution in [1.29, 1.82) is 0 Å². The molecule has 0 amide bonds. The second kappa shape index (κ2) is 6.25. The molecular formula is C13H16F2N2OS. The van der Waals surface area contributed by atoms with Crippen molar-refractivity contribution in [2.45, 2.75) is 12.8 Å². The maximum absolute atomic E-state index is 13.5. The zero-order valence-electron chi connectivity index (χ0n) is 10.4. The van der Waals surface area contributed by atoms with Crippen LogP contribution in [0.3, 0.4) is 0 Å². The third-order valence-corrected chi connectivity index (χ3v) is 3.60. The summed E-state index contributed by atoms with van der Waals surface area (Å²) in [5.74, 6) is -1.09. The average Bonchev–Trinajstić information content (AvgIpc) is 2.42. The molecular weight excluding hydrogens is 270 g/mol. The number of piperidine rings is 1. The Morgan fingerprint density at radius 1 is 1.47 bits per heavy atom. The van der Waals surface area contributed by atoms with Crippen molar-refractivity contribution in [2.75, 3.05) is 25.0 Å². The molecule has 1 heterocycles. The second-order valence-electron chi connectivity index (χ2n) is 4.69. The van der Waals surface area contributed by atoms with Crippen molar-refractivity contribution >= 4 is 23.0 Å². The van der Waals surface area contributed by atoms with Gasteiger partial charge in [0.05, 0.1) is 5.69 Å².